The molecule has 0 saturated heterocycles. The maximum atomic E-state index is 12.5. The SMILES string of the molecule is O=C(Cc1ccc(Cl)s1)C1C2CCc3ccccc3C21. The van der Waals surface area contributed by atoms with Crippen LogP contribution in [0.3, 0.4) is 0 Å². The summed E-state index contributed by atoms with van der Waals surface area (Å²) >= 11 is 7.46. The molecule has 3 unspecified atom stereocenters. The highest BCUT2D eigenvalue weighted by molar-refractivity contribution is 7.16. The molecule has 2 aromatic rings. The Hall–Kier alpha value is -1.12. The van der Waals surface area contributed by atoms with E-state index in [0.717, 1.165) is 15.6 Å². The minimum absolute atomic E-state index is 0.250. The quantitative estimate of drug-likeness (QED) is 0.816. The molecule has 3 atom stereocenters. The normalized spacial score (nSPS) is 26.8. The molecular formula is C17H15ClOS. The van der Waals surface area contributed by atoms with E-state index < -0.39 is 0 Å². The number of carbonyl (C=O) groups is 1. The maximum absolute atomic E-state index is 12.5. The van der Waals surface area contributed by atoms with E-state index >= 15 is 0 Å². The molecule has 3 heteroatoms. The van der Waals surface area contributed by atoms with Crippen LogP contribution >= 0.6 is 22.9 Å². The molecule has 1 aromatic carbocycles. The van der Waals surface area contributed by atoms with Gasteiger partial charge in [-0.15, -0.1) is 11.3 Å². The van der Waals surface area contributed by atoms with Crippen molar-refractivity contribution < 1.29 is 4.79 Å². The van der Waals surface area contributed by atoms with Gasteiger partial charge in [-0.05, 0) is 47.9 Å². The smallest absolute Gasteiger partial charge is 0.142 e. The molecule has 1 nitrogen and oxygen atoms in total. The minimum Gasteiger partial charge on any atom is -0.299 e. The minimum atomic E-state index is 0.250. The van der Waals surface area contributed by atoms with Crippen molar-refractivity contribution >= 4 is 28.7 Å². The number of aryl methyl sites for hydroxylation is 1. The Morgan fingerprint density at radius 3 is 2.90 bits per heavy atom. The van der Waals surface area contributed by atoms with Crippen LogP contribution in [0.4, 0.5) is 0 Å². The van der Waals surface area contributed by atoms with Crippen molar-refractivity contribution in [1.82, 2.24) is 0 Å². The van der Waals surface area contributed by atoms with Crippen LogP contribution in [0.25, 0.3) is 0 Å². The maximum Gasteiger partial charge on any atom is 0.142 e. The van der Waals surface area contributed by atoms with Crippen LogP contribution in [-0.2, 0) is 17.6 Å². The van der Waals surface area contributed by atoms with Gasteiger partial charge in [0, 0.05) is 17.2 Å². The summed E-state index contributed by atoms with van der Waals surface area (Å²) in [5.41, 5.74) is 2.87. The van der Waals surface area contributed by atoms with Crippen molar-refractivity contribution in [2.45, 2.75) is 25.2 Å². The molecule has 0 bridgehead atoms. The number of carbonyl (C=O) groups excluding carboxylic acids is 1. The van der Waals surface area contributed by atoms with Crippen molar-refractivity contribution in [2.75, 3.05) is 0 Å². The molecule has 4 rings (SSSR count). The monoisotopic (exact) mass is 302 g/mol. The van der Waals surface area contributed by atoms with E-state index in [1.54, 1.807) is 0 Å². The van der Waals surface area contributed by atoms with Gasteiger partial charge >= 0.3 is 0 Å². The van der Waals surface area contributed by atoms with Gasteiger partial charge in [0.25, 0.3) is 0 Å². The molecule has 2 aliphatic rings. The predicted molar refractivity (Wildman–Crippen MR) is 82.5 cm³/mol. The first-order valence-corrected chi connectivity index (χ1v) is 8.28. The number of thiophene rings is 1. The third kappa shape index (κ3) is 2.02. The van der Waals surface area contributed by atoms with Gasteiger partial charge in [-0.3, -0.25) is 4.79 Å². The molecule has 2 aliphatic carbocycles. The highest BCUT2D eigenvalue weighted by Crippen LogP contribution is 2.60. The van der Waals surface area contributed by atoms with Gasteiger partial charge in [0.2, 0.25) is 0 Å². The summed E-state index contributed by atoms with van der Waals surface area (Å²) in [5.74, 6) is 1.73. The Morgan fingerprint density at radius 2 is 2.10 bits per heavy atom. The second-order valence-electron chi connectivity index (χ2n) is 5.80. The molecular weight excluding hydrogens is 288 g/mol. The fourth-order valence-electron chi connectivity index (χ4n) is 3.74. The topological polar surface area (TPSA) is 17.1 Å². The van der Waals surface area contributed by atoms with E-state index in [0.29, 0.717) is 24.0 Å². The van der Waals surface area contributed by atoms with Gasteiger partial charge < -0.3 is 0 Å². The lowest BCUT2D eigenvalue weighted by molar-refractivity contribution is -0.119. The number of halogens is 1. The summed E-state index contributed by atoms with van der Waals surface area (Å²) in [6, 6.07) is 12.5. The van der Waals surface area contributed by atoms with E-state index in [2.05, 4.69) is 24.3 Å². The third-order valence-electron chi connectivity index (χ3n) is 4.68. The second kappa shape index (κ2) is 4.71. The van der Waals surface area contributed by atoms with Gasteiger partial charge in [-0.2, -0.15) is 0 Å². The zero-order valence-corrected chi connectivity index (χ0v) is 12.6. The molecule has 0 N–H and O–H groups in total. The Morgan fingerprint density at radius 1 is 1.25 bits per heavy atom. The summed E-state index contributed by atoms with van der Waals surface area (Å²) < 4.78 is 0.770. The summed E-state index contributed by atoms with van der Waals surface area (Å²) in [6.07, 6.45) is 2.85. The van der Waals surface area contributed by atoms with Crippen molar-refractivity contribution in [3.8, 4) is 0 Å². The summed E-state index contributed by atoms with van der Waals surface area (Å²) in [5, 5.41) is 0. The second-order valence-corrected chi connectivity index (χ2v) is 7.60. The van der Waals surface area contributed by atoms with Crippen LogP contribution in [0.2, 0.25) is 4.34 Å². The largest absolute Gasteiger partial charge is 0.299 e. The van der Waals surface area contributed by atoms with Crippen LogP contribution in [-0.4, -0.2) is 5.78 Å². The highest BCUT2D eigenvalue weighted by atomic mass is 35.5. The lowest BCUT2D eigenvalue weighted by Crippen LogP contribution is -2.06. The van der Waals surface area contributed by atoms with Crippen LogP contribution in [0, 0.1) is 11.8 Å². The van der Waals surface area contributed by atoms with Gasteiger partial charge in [0.05, 0.1) is 4.34 Å². The predicted octanol–water partition coefficient (Wildman–Crippen LogP) is 4.49. The number of benzene rings is 1. The number of Topliss-reactive ketones (excluding diaryl/α,β-unsaturated/α-hetero) is 1. The molecule has 102 valence electrons. The average Bonchev–Trinajstić information content (AvgIpc) is 3.08. The number of fused-ring (bicyclic) bond motifs is 3. The lowest BCUT2D eigenvalue weighted by atomic mass is 9.92. The van der Waals surface area contributed by atoms with Crippen LogP contribution in [0.1, 0.15) is 28.3 Å². The fourth-order valence-corrected chi connectivity index (χ4v) is 4.84. The van der Waals surface area contributed by atoms with Gasteiger partial charge in [0.15, 0.2) is 0 Å². The van der Waals surface area contributed by atoms with Gasteiger partial charge in [0.1, 0.15) is 5.78 Å². The van der Waals surface area contributed by atoms with E-state index in [1.165, 1.54) is 28.9 Å². The highest BCUT2D eigenvalue weighted by Gasteiger charge is 2.56. The Balaban J connectivity index is 1.53. The molecule has 1 saturated carbocycles. The summed E-state index contributed by atoms with van der Waals surface area (Å²) in [7, 11) is 0. The van der Waals surface area contributed by atoms with E-state index in [-0.39, 0.29) is 5.92 Å². The number of ketones is 1. The van der Waals surface area contributed by atoms with Gasteiger partial charge in [-0.1, -0.05) is 35.9 Å². The number of hydrogen-bond acceptors (Lipinski definition) is 2. The van der Waals surface area contributed by atoms with Crippen molar-refractivity contribution in [3.05, 3.63) is 56.7 Å². The van der Waals surface area contributed by atoms with Crippen molar-refractivity contribution in [3.63, 3.8) is 0 Å². The fraction of sp³-hybridized carbons (Fsp3) is 0.353. The Bertz CT molecular complexity index is 675. The first kappa shape index (κ1) is 12.6. The van der Waals surface area contributed by atoms with Crippen LogP contribution in [0.5, 0.6) is 0 Å². The molecule has 0 spiro atoms. The van der Waals surface area contributed by atoms with Gasteiger partial charge in [-0.25, -0.2) is 0 Å². The third-order valence-corrected chi connectivity index (χ3v) is 5.91. The van der Waals surface area contributed by atoms with Crippen LogP contribution < -0.4 is 0 Å². The van der Waals surface area contributed by atoms with Crippen molar-refractivity contribution in [2.24, 2.45) is 11.8 Å². The van der Waals surface area contributed by atoms with Crippen LogP contribution in [0.15, 0.2) is 36.4 Å². The standard InChI is InChI=1S/C17H15ClOS/c18-15-8-6-11(20-15)9-14(19)17-13-7-5-10-3-1-2-4-12(10)16(13)17/h1-4,6,8,13,16-17H,5,7,9H2. The van der Waals surface area contributed by atoms with E-state index in [9.17, 15) is 4.79 Å². The molecule has 1 fully saturated rings. The van der Waals surface area contributed by atoms with Crippen molar-refractivity contribution in [1.29, 1.82) is 0 Å². The molecule has 1 heterocycles. The first-order valence-electron chi connectivity index (χ1n) is 7.09. The zero-order chi connectivity index (χ0) is 13.7. The molecule has 1 aromatic heterocycles. The molecule has 0 radical (unpaired) electrons. The molecule has 20 heavy (non-hydrogen) atoms. The lowest BCUT2D eigenvalue weighted by Gasteiger charge is -2.13. The summed E-state index contributed by atoms with van der Waals surface area (Å²) in [6.45, 7) is 0. The zero-order valence-electron chi connectivity index (χ0n) is 11.0. The number of hydrogen-bond donors (Lipinski definition) is 0. The molecule has 0 amide bonds. The average molecular weight is 303 g/mol. The van der Waals surface area contributed by atoms with E-state index in [1.807, 2.05) is 12.1 Å². The van der Waals surface area contributed by atoms with E-state index in [4.69, 9.17) is 11.6 Å². The Labute approximate surface area is 127 Å². The number of rotatable bonds is 3. The molecule has 0 aliphatic heterocycles. The summed E-state index contributed by atoms with van der Waals surface area (Å²) in [4.78, 5) is 13.6. The Kier molecular flexibility index (Phi) is 2.97. The first-order chi connectivity index (χ1) is 9.74.